The van der Waals surface area contributed by atoms with E-state index in [9.17, 15) is 8.78 Å². The van der Waals surface area contributed by atoms with Gasteiger partial charge >= 0.3 is 0 Å². The van der Waals surface area contributed by atoms with Crippen LogP contribution in [0.1, 0.15) is 17.8 Å². The SMILES string of the molecule is Cn1cc2cc(-c3ccc4nc(CC5CC(F)(F)C5)sc4n3)cnc2n1. The molecule has 0 aliphatic heterocycles. The Morgan fingerprint density at radius 2 is 2.12 bits per heavy atom. The quantitative estimate of drug-likeness (QED) is 0.541. The summed E-state index contributed by atoms with van der Waals surface area (Å²) < 4.78 is 27.7. The summed E-state index contributed by atoms with van der Waals surface area (Å²) in [4.78, 5) is 14.5. The molecule has 0 radical (unpaired) electrons. The molecular weight excluding hydrogens is 356 g/mol. The Labute approximate surface area is 151 Å². The number of nitrogens with zero attached hydrogens (tertiary/aromatic N) is 5. The van der Waals surface area contributed by atoms with Gasteiger partial charge < -0.3 is 0 Å². The van der Waals surface area contributed by atoms with Gasteiger partial charge in [-0.15, -0.1) is 0 Å². The van der Waals surface area contributed by atoms with Crippen LogP contribution in [0.25, 0.3) is 32.6 Å². The largest absolute Gasteiger partial charge is 0.273 e. The molecule has 0 N–H and O–H groups in total. The van der Waals surface area contributed by atoms with E-state index in [1.54, 1.807) is 10.9 Å². The average molecular weight is 371 g/mol. The monoisotopic (exact) mass is 371 g/mol. The maximum Gasteiger partial charge on any atom is 0.248 e. The van der Waals surface area contributed by atoms with Gasteiger partial charge in [0.2, 0.25) is 5.92 Å². The number of rotatable bonds is 3. The zero-order valence-corrected chi connectivity index (χ0v) is 14.8. The van der Waals surface area contributed by atoms with Gasteiger partial charge in [0.05, 0.1) is 10.7 Å². The van der Waals surface area contributed by atoms with Gasteiger partial charge in [0, 0.05) is 49.7 Å². The zero-order valence-electron chi connectivity index (χ0n) is 14.0. The lowest BCUT2D eigenvalue weighted by atomic mass is 9.79. The molecule has 1 saturated carbocycles. The van der Waals surface area contributed by atoms with Crippen LogP contribution in [0.4, 0.5) is 8.78 Å². The molecule has 8 heteroatoms. The lowest BCUT2D eigenvalue weighted by Crippen LogP contribution is -2.36. The normalized spacial score (nSPS) is 17.0. The van der Waals surface area contributed by atoms with Crippen LogP contribution in [0, 0.1) is 5.92 Å². The summed E-state index contributed by atoms with van der Waals surface area (Å²) in [5.41, 5.74) is 3.26. The van der Waals surface area contributed by atoms with Gasteiger partial charge in [-0.05, 0) is 24.1 Å². The molecule has 4 aromatic heterocycles. The summed E-state index contributed by atoms with van der Waals surface area (Å²) in [7, 11) is 1.86. The molecule has 26 heavy (non-hydrogen) atoms. The highest BCUT2D eigenvalue weighted by Gasteiger charge is 2.45. The number of aromatic nitrogens is 5. The van der Waals surface area contributed by atoms with E-state index >= 15 is 0 Å². The molecule has 1 fully saturated rings. The van der Waals surface area contributed by atoms with Crippen LogP contribution in [0.2, 0.25) is 0 Å². The summed E-state index contributed by atoms with van der Waals surface area (Å²) >= 11 is 1.49. The topological polar surface area (TPSA) is 56.5 Å². The van der Waals surface area contributed by atoms with Crippen LogP contribution >= 0.6 is 11.3 Å². The van der Waals surface area contributed by atoms with Crippen molar-refractivity contribution in [1.29, 1.82) is 0 Å². The standard InChI is InChI=1S/C18H15F2N5S/c1-25-9-12-5-11(8-21-16(12)24-25)13-2-3-14-17(23-13)26-15(22-14)4-10-6-18(19,20)7-10/h2-3,5,8-10H,4,6-7H2,1H3. The lowest BCUT2D eigenvalue weighted by Gasteiger charge is -2.34. The molecule has 0 bridgehead atoms. The van der Waals surface area contributed by atoms with E-state index in [2.05, 4.69) is 15.1 Å². The predicted molar refractivity (Wildman–Crippen MR) is 96.3 cm³/mol. The van der Waals surface area contributed by atoms with Gasteiger partial charge in [-0.3, -0.25) is 4.68 Å². The second-order valence-electron chi connectivity index (χ2n) is 6.90. The van der Waals surface area contributed by atoms with Crippen molar-refractivity contribution in [1.82, 2.24) is 24.7 Å². The Kier molecular flexibility index (Phi) is 3.34. The molecule has 0 unspecified atom stereocenters. The molecule has 0 aromatic carbocycles. The van der Waals surface area contributed by atoms with Crippen LogP contribution in [-0.2, 0) is 13.5 Å². The van der Waals surface area contributed by atoms with E-state index in [1.165, 1.54) is 11.3 Å². The summed E-state index contributed by atoms with van der Waals surface area (Å²) in [6.07, 6.45) is 4.23. The highest BCUT2D eigenvalue weighted by atomic mass is 32.1. The fourth-order valence-electron chi connectivity index (χ4n) is 3.46. The molecular formula is C18H15F2N5S. The van der Waals surface area contributed by atoms with Gasteiger partial charge in [0.15, 0.2) is 5.65 Å². The molecule has 1 aliphatic carbocycles. The minimum Gasteiger partial charge on any atom is -0.273 e. The third-order valence-corrected chi connectivity index (χ3v) is 5.69. The molecule has 0 atom stereocenters. The van der Waals surface area contributed by atoms with Crippen molar-refractivity contribution in [3.63, 3.8) is 0 Å². The van der Waals surface area contributed by atoms with Crippen molar-refractivity contribution in [3.8, 4) is 11.3 Å². The average Bonchev–Trinajstić information content (AvgIpc) is 3.12. The van der Waals surface area contributed by atoms with Crippen LogP contribution in [-0.4, -0.2) is 30.7 Å². The Balaban J connectivity index is 1.45. The number of thiazole rings is 1. The van der Waals surface area contributed by atoms with E-state index < -0.39 is 5.92 Å². The van der Waals surface area contributed by atoms with Gasteiger partial charge in [-0.1, -0.05) is 11.3 Å². The molecule has 4 aromatic rings. The van der Waals surface area contributed by atoms with Crippen molar-refractivity contribution in [2.24, 2.45) is 13.0 Å². The van der Waals surface area contributed by atoms with Crippen molar-refractivity contribution in [2.75, 3.05) is 0 Å². The molecule has 1 aliphatic rings. The highest BCUT2D eigenvalue weighted by Crippen LogP contribution is 2.44. The Hall–Kier alpha value is -2.48. The minimum atomic E-state index is -2.48. The van der Waals surface area contributed by atoms with Crippen molar-refractivity contribution < 1.29 is 8.78 Å². The highest BCUT2D eigenvalue weighted by molar-refractivity contribution is 7.18. The minimum absolute atomic E-state index is 0.0294. The fourth-order valence-corrected chi connectivity index (χ4v) is 4.51. The van der Waals surface area contributed by atoms with Gasteiger partial charge in [-0.25, -0.2) is 23.7 Å². The van der Waals surface area contributed by atoms with E-state index in [1.807, 2.05) is 31.4 Å². The Bertz CT molecular complexity index is 1130. The summed E-state index contributed by atoms with van der Waals surface area (Å²) in [5.74, 6) is -2.45. The molecule has 0 amide bonds. The van der Waals surface area contributed by atoms with E-state index in [0.29, 0.717) is 12.1 Å². The van der Waals surface area contributed by atoms with Crippen molar-refractivity contribution >= 4 is 32.7 Å². The first-order valence-electron chi connectivity index (χ1n) is 8.39. The van der Waals surface area contributed by atoms with Crippen LogP contribution < -0.4 is 0 Å². The number of hydrogen-bond donors (Lipinski definition) is 0. The van der Waals surface area contributed by atoms with Gasteiger partial charge in [0.1, 0.15) is 10.3 Å². The number of alkyl halides is 2. The third-order valence-electron chi connectivity index (χ3n) is 4.71. The smallest absolute Gasteiger partial charge is 0.248 e. The lowest BCUT2D eigenvalue weighted by molar-refractivity contribution is -0.109. The van der Waals surface area contributed by atoms with Crippen molar-refractivity contribution in [2.45, 2.75) is 25.2 Å². The zero-order chi connectivity index (χ0) is 17.9. The maximum atomic E-state index is 13.0. The molecule has 4 heterocycles. The summed E-state index contributed by atoms with van der Waals surface area (Å²) in [6, 6.07) is 5.87. The Morgan fingerprint density at radius 3 is 2.92 bits per heavy atom. The van der Waals surface area contributed by atoms with Crippen LogP contribution in [0.5, 0.6) is 0 Å². The number of halogens is 2. The molecule has 0 saturated heterocycles. The Morgan fingerprint density at radius 1 is 1.27 bits per heavy atom. The predicted octanol–water partition coefficient (Wildman–Crippen LogP) is 4.23. The van der Waals surface area contributed by atoms with E-state index in [0.717, 1.165) is 32.0 Å². The molecule has 0 spiro atoms. The van der Waals surface area contributed by atoms with Crippen LogP contribution in [0.3, 0.4) is 0 Å². The molecule has 132 valence electrons. The number of hydrogen-bond acceptors (Lipinski definition) is 5. The number of fused-ring (bicyclic) bond motifs is 2. The maximum absolute atomic E-state index is 13.0. The first-order chi connectivity index (χ1) is 12.4. The third kappa shape index (κ3) is 2.74. The molecule has 5 rings (SSSR count). The molecule has 5 nitrogen and oxygen atoms in total. The summed E-state index contributed by atoms with van der Waals surface area (Å²) in [5, 5.41) is 6.12. The van der Waals surface area contributed by atoms with E-state index in [4.69, 9.17) is 4.98 Å². The van der Waals surface area contributed by atoms with Gasteiger partial charge in [0.25, 0.3) is 0 Å². The number of aryl methyl sites for hydroxylation is 1. The number of pyridine rings is 2. The van der Waals surface area contributed by atoms with E-state index in [-0.39, 0.29) is 18.8 Å². The van der Waals surface area contributed by atoms with Gasteiger partial charge in [-0.2, -0.15) is 5.10 Å². The first-order valence-corrected chi connectivity index (χ1v) is 9.21. The first kappa shape index (κ1) is 15.7. The van der Waals surface area contributed by atoms with Crippen molar-refractivity contribution in [3.05, 3.63) is 35.6 Å². The summed E-state index contributed by atoms with van der Waals surface area (Å²) in [6.45, 7) is 0. The fraction of sp³-hybridized carbons (Fsp3) is 0.333. The second-order valence-corrected chi connectivity index (χ2v) is 7.96. The van der Waals surface area contributed by atoms with Crippen LogP contribution in [0.15, 0.2) is 30.6 Å². The second kappa shape index (κ2) is 5.51.